The summed E-state index contributed by atoms with van der Waals surface area (Å²) in [4.78, 5) is 9.95. The van der Waals surface area contributed by atoms with Crippen LogP contribution >= 0.6 is 0 Å². The van der Waals surface area contributed by atoms with Gasteiger partial charge in [0.05, 0.1) is 6.61 Å². The Bertz CT molecular complexity index is 885. The minimum atomic E-state index is -0.274. The Morgan fingerprint density at radius 2 is 1.66 bits per heavy atom. The summed E-state index contributed by atoms with van der Waals surface area (Å²) in [7, 11) is 1.56. The maximum Gasteiger partial charge on any atom is 0.243 e. The van der Waals surface area contributed by atoms with Gasteiger partial charge in [-0.05, 0) is 78.8 Å². The van der Waals surface area contributed by atoms with E-state index in [9.17, 15) is 9.18 Å². The number of hydrogen-bond donors (Lipinski definition) is 1. The topological polar surface area (TPSA) is 38.3 Å². The normalized spacial score (nSPS) is 17.1. The van der Waals surface area contributed by atoms with E-state index in [2.05, 4.69) is 50.0 Å². The van der Waals surface area contributed by atoms with E-state index in [4.69, 9.17) is 4.74 Å². The van der Waals surface area contributed by atoms with Crippen molar-refractivity contribution in [2.45, 2.75) is 84.0 Å². The van der Waals surface area contributed by atoms with Crippen molar-refractivity contribution in [1.29, 1.82) is 0 Å². The fourth-order valence-electron chi connectivity index (χ4n) is 4.64. The Labute approximate surface area is 212 Å². The quantitative estimate of drug-likeness (QED) is 0.258. The molecule has 1 saturated carbocycles. The first-order valence-electron chi connectivity index (χ1n) is 13.4. The van der Waals surface area contributed by atoms with Gasteiger partial charge in [0.15, 0.2) is 11.6 Å². The molecule has 1 aliphatic carbocycles. The highest BCUT2D eigenvalue weighted by Gasteiger charge is 2.22. The molecule has 3 rings (SSSR count). The maximum atomic E-state index is 14.4. The van der Waals surface area contributed by atoms with E-state index in [0.717, 1.165) is 29.9 Å². The van der Waals surface area contributed by atoms with E-state index >= 15 is 0 Å². The summed E-state index contributed by atoms with van der Waals surface area (Å²) >= 11 is 0. The summed E-state index contributed by atoms with van der Waals surface area (Å²) in [6, 6.07) is 14.1. The third-order valence-electron chi connectivity index (χ3n) is 6.90. The maximum absolute atomic E-state index is 14.4. The van der Waals surface area contributed by atoms with E-state index in [1.807, 2.05) is 6.07 Å². The number of carbonyl (C=O) groups is 1. The number of nitrogens with one attached hydrogen (secondary N) is 1. The van der Waals surface area contributed by atoms with Crippen molar-refractivity contribution in [2.24, 2.45) is 5.92 Å². The van der Waals surface area contributed by atoms with E-state index in [1.165, 1.54) is 63.0 Å². The van der Waals surface area contributed by atoms with Gasteiger partial charge >= 0.3 is 0 Å². The van der Waals surface area contributed by atoms with Crippen molar-refractivity contribution in [3.05, 3.63) is 66.5 Å². The highest BCUT2D eigenvalue weighted by Crippen LogP contribution is 2.38. The van der Waals surface area contributed by atoms with Crippen LogP contribution < -0.4 is 10.1 Å². The van der Waals surface area contributed by atoms with Crippen molar-refractivity contribution in [3.63, 3.8) is 0 Å². The van der Waals surface area contributed by atoms with Crippen LogP contribution in [-0.4, -0.2) is 19.6 Å². The molecule has 1 aliphatic rings. The molecule has 0 atom stereocenters. The molecule has 0 saturated heterocycles. The number of halogens is 1. The van der Waals surface area contributed by atoms with Gasteiger partial charge in [-0.1, -0.05) is 82.9 Å². The number of rotatable bonds is 11. The van der Waals surface area contributed by atoms with Crippen LogP contribution in [0.2, 0.25) is 0 Å². The number of likely N-dealkylation sites (N-methyl/N-ethyl adjacent to an activating group) is 1. The number of carbonyl (C=O) groups excluding carboxylic acids is 1. The van der Waals surface area contributed by atoms with Gasteiger partial charge in [0.2, 0.25) is 5.91 Å². The number of unbranched alkanes of at least 4 members (excludes halogenated alkanes) is 3. The minimum Gasteiger partial charge on any atom is -0.491 e. The second-order valence-corrected chi connectivity index (χ2v) is 9.50. The molecular weight excluding hydrogens is 437 g/mol. The van der Waals surface area contributed by atoms with E-state index in [1.54, 1.807) is 19.2 Å². The summed E-state index contributed by atoms with van der Waals surface area (Å²) in [5.41, 5.74) is 3.43. The Hall–Kier alpha value is -2.62. The Kier molecular flexibility index (Phi) is 13.2. The zero-order valence-corrected chi connectivity index (χ0v) is 22.0. The molecule has 0 radical (unpaired) electrons. The van der Waals surface area contributed by atoms with E-state index in [-0.39, 0.29) is 11.7 Å². The SMILES string of the molecule is C=CC(=O)NC.CCCCCC1CCC(c2ccc(-c3ccc(OCCCC)c(F)c3)cc2)CC1. The van der Waals surface area contributed by atoms with Crippen LogP contribution in [0, 0.1) is 11.7 Å². The molecule has 0 aromatic heterocycles. The average Bonchev–Trinajstić information content (AvgIpc) is 2.90. The first-order valence-corrected chi connectivity index (χ1v) is 13.4. The minimum absolute atomic E-state index is 0.144. The molecule has 0 heterocycles. The predicted octanol–water partition coefficient (Wildman–Crippen LogP) is 8.44. The number of ether oxygens (including phenoxy) is 1. The third-order valence-corrected chi connectivity index (χ3v) is 6.90. The third kappa shape index (κ3) is 9.87. The lowest BCUT2D eigenvalue weighted by Crippen LogP contribution is -2.13. The molecule has 1 N–H and O–H groups in total. The van der Waals surface area contributed by atoms with Gasteiger partial charge in [-0.15, -0.1) is 0 Å². The Morgan fingerprint density at radius 3 is 2.20 bits per heavy atom. The monoisotopic (exact) mass is 481 g/mol. The molecular formula is C31H44FNO2. The van der Waals surface area contributed by atoms with Gasteiger partial charge in [0.25, 0.3) is 0 Å². The van der Waals surface area contributed by atoms with E-state index < -0.39 is 0 Å². The molecule has 1 amide bonds. The van der Waals surface area contributed by atoms with E-state index in [0.29, 0.717) is 18.3 Å². The summed E-state index contributed by atoms with van der Waals surface area (Å²) in [6.45, 7) is 8.18. The Morgan fingerprint density at radius 1 is 1.00 bits per heavy atom. The molecule has 0 aliphatic heterocycles. The highest BCUT2D eigenvalue weighted by atomic mass is 19.1. The van der Waals surface area contributed by atoms with Crippen molar-refractivity contribution in [2.75, 3.05) is 13.7 Å². The van der Waals surface area contributed by atoms with Crippen LogP contribution in [0.25, 0.3) is 11.1 Å². The zero-order chi connectivity index (χ0) is 25.5. The second-order valence-electron chi connectivity index (χ2n) is 9.50. The fourth-order valence-corrected chi connectivity index (χ4v) is 4.64. The fraction of sp³-hybridized carbons (Fsp3) is 0.516. The summed E-state index contributed by atoms with van der Waals surface area (Å²) in [5.74, 6) is 1.57. The summed E-state index contributed by atoms with van der Waals surface area (Å²) < 4.78 is 19.9. The lowest BCUT2D eigenvalue weighted by molar-refractivity contribution is -0.116. The molecule has 2 aromatic rings. The van der Waals surface area contributed by atoms with Gasteiger partial charge in [-0.3, -0.25) is 4.79 Å². The number of amides is 1. The molecule has 192 valence electrons. The molecule has 35 heavy (non-hydrogen) atoms. The molecule has 0 unspecified atom stereocenters. The standard InChI is InChI=1S/C27H37FO.C4H7NO/c1-3-5-7-8-21-9-11-22(12-10-21)23-13-15-24(16-14-23)25-17-18-27(26(28)20-25)29-19-6-4-2;1-3-4(6)5-2/h13-18,20-22H,3-12,19H2,1-2H3;3H,1H2,2H3,(H,5,6). The van der Waals surface area contributed by atoms with Gasteiger partial charge < -0.3 is 10.1 Å². The van der Waals surface area contributed by atoms with Crippen molar-refractivity contribution >= 4 is 5.91 Å². The van der Waals surface area contributed by atoms with Crippen LogP contribution in [0.3, 0.4) is 0 Å². The first kappa shape index (κ1) is 28.6. The van der Waals surface area contributed by atoms with Crippen LogP contribution in [0.1, 0.15) is 89.5 Å². The van der Waals surface area contributed by atoms with Crippen LogP contribution in [0.15, 0.2) is 55.1 Å². The van der Waals surface area contributed by atoms with Crippen LogP contribution in [-0.2, 0) is 4.79 Å². The average molecular weight is 482 g/mol. The Balaban J connectivity index is 0.000000641. The molecule has 2 aromatic carbocycles. The van der Waals surface area contributed by atoms with Gasteiger partial charge in [0.1, 0.15) is 0 Å². The molecule has 4 heteroatoms. The summed E-state index contributed by atoms with van der Waals surface area (Å²) in [5, 5.41) is 2.36. The lowest BCUT2D eigenvalue weighted by atomic mass is 9.77. The van der Waals surface area contributed by atoms with Crippen LogP contribution in [0.5, 0.6) is 5.75 Å². The van der Waals surface area contributed by atoms with Gasteiger partial charge in [-0.25, -0.2) is 4.39 Å². The molecule has 0 bridgehead atoms. The predicted molar refractivity (Wildman–Crippen MR) is 145 cm³/mol. The number of hydrogen-bond acceptors (Lipinski definition) is 2. The molecule has 1 fully saturated rings. The molecule has 3 nitrogen and oxygen atoms in total. The zero-order valence-electron chi connectivity index (χ0n) is 22.0. The second kappa shape index (κ2) is 16.1. The first-order chi connectivity index (χ1) is 17.0. The van der Waals surface area contributed by atoms with Gasteiger partial charge in [-0.2, -0.15) is 0 Å². The smallest absolute Gasteiger partial charge is 0.243 e. The largest absolute Gasteiger partial charge is 0.491 e. The van der Waals surface area contributed by atoms with Crippen molar-refractivity contribution < 1.29 is 13.9 Å². The highest BCUT2D eigenvalue weighted by molar-refractivity contribution is 5.86. The lowest BCUT2D eigenvalue weighted by Gasteiger charge is -2.29. The molecule has 0 spiro atoms. The van der Waals surface area contributed by atoms with Crippen LogP contribution in [0.4, 0.5) is 4.39 Å². The summed E-state index contributed by atoms with van der Waals surface area (Å²) in [6.07, 6.45) is 14.1. The van der Waals surface area contributed by atoms with Gasteiger partial charge in [0, 0.05) is 7.05 Å². The number of benzene rings is 2. The van der Waals surface area contributed by atoms with Crippen molar-refractivity contribution in [1.82, 2.24) is 5.32 Å². The van der Waals surface area contributed by atoms with Crippen molar-refractivity contribution in [3.8, 4) is 16.9 Å².